The molecule has 2 aliphatic rings. The van der Waals surface area contributed by atoms with Crippen molar-refractivity contribution in [3.05, 3.63) is 265 Å². The van der Waals surface area contributed by atoms with E-state index in [1.165, 1.54) is 94.3 Å². The van der Waals surface area contributed by atoms with Crippen LogP contribution in [-0.2, 0) is 5.41 Å². The number of hydrogen-bond donors (Lipinski definition) is 0. The topological polar surface area (TPSA) is 8.17 Å². The fourth-order valence-electron chi connectivity index (χ4n) is 10.9. The van der Waals surface area contributed by atoms with Crippen LogP contribution in [0.25, 0.3) is 72.0 Å². The third kappa shape index (κ3) is 5.25. The Labute approximate surface area is 367 Å². The first-order valence-electron chi connectivity index (χ1n) is 21.8. The van der Waals surface area contributed by atoms with E-state index in [0.29, 0.717) is 0 Å². The largest absolute Gasteiger partial charge is 0.310 e. The summed E-state index contributed by atoms with van der Waals surface area (Å²) in [6, 6.07) is 89.4. The van der Waals surface area contributed by atoms with Crippen LogP contribution in [-0.4, -0.2) is 4.57 Å². The molecule has 1 aromatic heterocycles. The second kappa shape index (κ2) is 13.9. The molecule has 0 aliphatic heterocycles. The van der Waals surface area contributed by atoms with Crippen LogP contribution in [0.5, 0.6) is 0 Å². The first-order valence-corrected chi connectivity index (χ1v) is 21.8. The van der Waals surface area contributed by atoms with E-state index in [2.05, 4.69) is 252 Å². The molecule has 1 heterocycles. The summed E-state index contributed by atoms with van der Waals surface area (Å²) in [4.78, 5) is 2.42. The molecule has 0 amide bonds. The highest BCUT2D eigenvalue weighted by Crippen LogP contribution is 2.63. The van der Waals surface area contributed by atoms with Gasteiger partial charge in [0.2, 0.25) is 0 Å². The van der Waals surface area contributed by atoms with Crippen LogP contribution in [0.3, 0.4) is 0 Å². The Bertz CT molecular complexity index is 3500. The van der Waals surface area contributed by atoms with Gasteiger partial charge in [-0.15, -0.1) is 0 Å². The molecule has 0 fully saturated rings. The molecule has 0 radical (unpaired) electrons. The number of anilines is 3. The smallest absolute Gasteiger partial charge is 0.0726 e. The summed E-state index contributed by atoms with van der Waals surface area (Å²) in [5.74, 6) is 0. The Morgan fingerprint density at radius 2 is 0.778 bits per heavy atom. The Morgan fingerprint density at radius 3 is 1.44 bits per heavy atom. The number of benzene rings is 10. The second-order valence-electron chi connectivity index (χ2n) is 16.8. The van der Waals surface area contributed by atoms with Crippen molar-refractivity contribution in [1.29, 1.82) is 0 Å². The Hall–Kier alpha value is -8.20. The molecule has 0 unspecified atom stereocenters. The summed E-state index contributed by atoms with van der Waals surface area (Å²) in [6.45, 7) is 0. The molecule has 0 bridgehead atoms. The minimum absolute atomic E-state index is 0.412. The fraction of sp³-hybridized carbons (Fsp3) is 0.0164. The highest BCUT2D eigenvalue weighted by Gasteiger charge is 2.51. The van der Waals surface area contributed by atoms with Gasteiger partial charge in [0.1, 0.15) is 0 Å². The van der Waals surface area contributed by atoms with Crippen LogP contribution in [0.1, 0.15) is 22.3 Å². The first kappa shape index (κ1) is 35.5. The number of rotatable bonds is 6. The van der Waals surface area contributed by atoms with Gasteiger partial charge in [-0.3, -0.25) is 0 Å². The summed E-state index contributed by atoms with van der Waals surface area (Å²) in [6.07, 6.45) is 0. The van der Waals surface area contributed by atoms with Gasteiger partial charge in [-0.2, -0.15) is 0 Å². The summed E-state index contributed by atoms with van der Waals surface area (Å²) in [5.41, 5.74) is 21.9. The molecule has 0 saturated carbocycles. The maximum Gasteiger partial charge on any atom is 0.0726 e. The molecule has 294 valence electrons. The quantitative estimate of drug-likeness (QED) is 0.163. The molecule has 1 spiro atoms. The van der Waals surface area contributed by atoms with Crippen molar-refractivity contribution in [2.75, 3.05) is 4.90 Å². The Morgan fingerprint density at radius 1 is 0.286 bits per heavy atom. The minimum atomic E-state index is -0.412. The molecule has 0 atom stereocenters. The van der Waals surface area contributed by atoms with E-state index in [4.69, 9.17) is 0 Å². The molecular weight excluding hydrogens is 761 g/mol. The van der Waals surface area contributed by atoms with Crippen LogP contribution >= 0.6 is 0 Å². The first-order chi connectivity index (χ1) is 31.3. The second-order valence-corrected chi connectivity index (χ2v) is 16.8. The molecule has 63 heavy (non-hydrogen) atoms. The highest BCUT2D eigenvalue weighted by molar-refractivity contribution is 6.10. The van der Waals surface area contributed by atoms with E-state index in [1.807, 2.05) is 0 Å². The third-order valence-corrected chi connectivity index (χ3v) is 13.6. The Balaban J connectivity index is 0.906. The predicted molar refractivity (Wildman–Crippen MR) is 263 cm³/mol. The number of para-hydroxylation sites is 3. The normalized spacial score (nSPS) is 12.9. The van der Waals surface area contributed by atoms with Crippen molar-refractivity contribution in [3.8, 4) is 50.2 Å². The third-order valence-electron chi connectivity index (χ3n) is 13.6. The lowest BCUT2D eigenvalue weighted by molar-refractivity contribution is 0.793. The van der Waals surface area contributed by atoms with Crippen molar-refractivity contribution in [1.82, 2.24) is 4.57 Å². The van der Waals surface area contributed by atoms with Crippen molar-refractivity contribution in [2.45, 2.75) is 5.41 Å². The SMILES string of the molecule is c1ccc(N(c2cccc(-c3ccc(-c4ccc5c(c4)c4ccccc4n5-c4ccccc4)cc3)c2)c2ccc3c(c2)C2(c4ccccc4-c4ccccc42)c2ccccc2-3)cc1. The van der Waals surface area contributed by atoms with E-state index in [1.54, 1.807) is 0 Å². The maximum atomic E-state index is 2.47. The van der Waals surface area contributed by atoms with Gasteiger partial charge in [0.25, 0.3) is 0 Å². The fourth-order valence-corrected chi connectivity index (χ4v) is 10.9. The van der Waals surface area contributed by atoms with Gasteiger partial charge >= 0.3 is 0 Å². The standard InChI is InChI=1S/C61H40N2/c1-3-17-45(18-4-1)62(48-35-36-52-51-24-9-13-28-57(51)61(58(52)40-48)55-26-11-7-22-49(55)50-23-8-12-27-56(50)61)47-21-15-16-43(38-47)41-30-32-42(33-31-41)44-34-37-60-54(39-44)53-25-10-14-29-59(53)63(60)46-19-5-2-6-20-46/h1-40H. The molecule has 0 saturated heterocycles. The molecule has 0 N–H and O–H groups in total. The lowest BCUT2D eigenvalue weighted by Gasteiger charge is -2.32. The lowest BCUT2D eigenvalue weighted by atomic mass is 9.70. The minimum Gasteiger partial charge on any atom is -0.310 e. The van der Waals surface area contributed by atoms with Crippen molar-refractivity contribution in [3.63, 3.8) is 0 Å². The number of hydrogen-bond acceptors (Lipinski definition) is 1. The Kier molecular flexibility index (Phi) is 7.85. The van der Waals surface area contributed by atoms with Gasteiger partial charge in [0.15, 0.2) is 0 Å². The summed E-state index contributed by atoms with van der Waals surface area (Å²) in [7, 11) is 0. The van der Waals surface area contributed by atoms with Crippen molar-refractivity contribution < 1.29 is 0 Å². The van der Waals surface area contributed by atoms with Crippen LogP contribution in [0.4, 0.5) is 17.1 Å². The zero-order valence-corrected chi connectivity index (χ0v) is 34.5. The van der Waals surface area contributed by atoms with E-state index in [-0.39, 0.29) is 0 Å². The number of fused-ring (bicyclic) bond motifs is 13. The van der Waals surface area contributed by atoms with Gasteiger partial charge in [-0.05, 0) is 133 Å². The van der Waals surface area contributed by atoms with E-state index in [9.17, 15) is 0 Å². The van der Waals surface area contributed by atoms with Crippen LogP contribution < -0.4 is 4.90 Å². The summed E-state index contributed by atoms with van der Waals surface area (Å²) in [5, 5.41) is 2.52. The monoisotopic (exact) mass is 800 g/mol. The highest BCUT2D eigenvalue weighted by atomic mass is 15.1. The van der Waals surface area contributed by atoms with Gasteiger partial charge in [-0.25, -0.2) is 0 Å². The van der Waals surface area contributed by atoms with Gasteiger partial charge in [0, 0.05) is 33.5 Å². The van der Waals surface area contributed by atoms with Crippen molar-refractivity contribution in [2.24, 2.45) is 0 Å². The number of aromatic nitrogens is 1. The zero-order chi connectivity index (χ0) is 41.5. The molecule has 11 aromatic rings. The van der Waals surface area contributed by atoms with Gasteiger partial charge in [-0.1, -0.05) is 176 Å². The number of nitrogens with zero attached hydrogens (tertiary/aromatic N) is 2. The molecule has 2 aliphatic carbocycles. The summed E-state index contributed by atoms with van der Waals surface area (Å²) < 4.78 is 2.37. The van der Waals surface area contributed by atoms with Crippen LogP contribution in [0, 0.1) is 0 Å². The molecule has 10 aromatic carbocycles. The molecule has 2 heteroatoms. The molecular formula is C61H40N2. The van der Waals surface area contributed by atoms with Crippen LogP contribution in [0.2, 0.25) is 0 Å². The van der Waals surface area contributed by atoms with Gasteiger partial charge in [0.05, 0.1) is 16.4 Å². The predicted octanol–water partition coefficient (Wildman–Crippen LogP) is 15.9. The van der Waals surface area contributed by atoms with Crippen LogP contribution in [0.15, 0.2) is 243 Å². The average molecular weight is 801 g/mol. The maximum absolute atomic E-state index is 2.47. The lowest BCUT2D eigenvalue weighted by Crippen LogP contribution is -2.26. The van der Waals surface area contributed by atoms with Gasteiger partial charge < -0.3 is 9.47 Å². The summed E-state index contributed by atoms with van der Waals surface area (Å²) >= 11 is 0. The average Bonchev–Trinajstić information content (AvgIpc) is 3.96. The zero-order valence-electron chi connectivity index (χ0n) is 34.5. The van der Waals surface area contributed by atoms with E-state index < -0.39 is 5.41 Å². The van der Waals surface area contributed by atoms with E-state index in [0.717, 1.165) is 17.1 Å². The van der Waals surface area contributed by atoms with E-state index >= 15 is 0 Å². The molecule has 13 rings (SSSR count). The van der Waals surface area contributed by atoms with Crippen molar-refractivity contribution >= 4 is 38.9 Å². The molecule has 2 nitrogen and oxygen atoms in total.